The van der Waals surface area contributed by atoms with Crippen LogP contribution in [0.4, 0.5) is 4.79 Å². The van der Waals surface area contributed by atoms with E-state index in [0.29, 0.717) is 5.88 Å². The molecule has 0 atom stereocenters. The first-order valence-electron chi connectivity index (χ1n) is 1.55. The zero-order valence-corrected chi connectivity index (χ0v) is 3.84. The first-order valence-corrected chi connectivity index (χ1v) is 2.54. The van der Waals surface area contributed by atoms with Gasteiger partial charge in [-0.1, -0.05) is 0 Å². The molecule has 0 radical (unpaired) electrons. The SMILES string of the molecule is O=C1NCSN1. The smallest absolute Gasteiger partial charge is 0.325 e. The Morgan fingerprint density at radius 3 is 2.83 bits per heavy atom. The van der Waals surface area contributed by atoms with Crippen LogP contribution in [0, 0.1) is 0 Å². The quantitative estimate of drug-likeness (QED) is 0.421. The first kappa shape index (κ1) is 3.80. The molecule has 1 rings (SSSR count). The number of amides is 2. The van der Waals surface area contributed by atoms with Crippen molar-refractivity contribution in [3.05, 3.63) is 0 Å². The molecule has 0 aromatic rings. The van der Waals surface area contributed by atoms with E-state index in [4.69, 9.17) is 0 Å². The molecule has 1 heterocycles. The van der Waals surface area contributed by atoms with Gasteiger partial charge in [-0.25, -0.2) is 4.79 Å². The Balaban J connectivity index is 2.37. The number of carbonyl (C=O) groups is 1. The van der Waals surface area contributed by atoms with Crippen molar-refractivity contribution in [1.82, 2.24) is 10.0 Å². The summed E-state index contributed by atoms with van der Waals surface area (Å²) < 4.78 is 2.49. The second kappa shape index (κ2) is 1.38. The lowest BCUT2D eigenvalue weighted by Crippen LogP contribution is -2.19. The zero-order valence-electron chi connectivity index (χ0n) is 3.02. The molecule has 3 nitrogen and oxygen atoms in total. The molecule has 0 saturated carbocycles. The van der Waals surface area contributed by atoms with E-state index in [9.17, 15) is 4.79 Å². The minimum absolute atomic E-state index is 0.0833. The molecule has 1 aliphatic heterocycles. The molecule has 2 amide bonds. The number of hydrogen-bond acceptors (Lipinski definition) is 2. The van der Waals surface area contributed by atoms with Crippen molar-refractivity contribution in [2.45, 2.75) is 0 Å². The average molecular weight is 104 g/mol. The fourth-order valence-electron chi connectivity index (χ4n) is 0.239. The topological polar surface area (TPSA) is 41.1 Å². The molecule has 0 aromatic carbocycles. The summed E-state index contributed by atoms with van der Waals surface area (Å²) >= 11 is 1.37. The van der Waals surface area contributed by atoms with Gasteiger partial charge in [0.25, 0.3) is 0 Å². The van der Waals surface area contributed by atoms with E-state index in [2.05, 4.69) is 10.0 Å². The van der Waals surface area contributed by atoms with Gasteiger partial charge < -0.3 is 5.32 Å². The monoisotopic (exact) mass is 104 g/mol. The van der Waals surface area contributed by atoms with E-state index >= 15 is 0 Å². The highest BCUT2D eigenvalue weighted by molar-refractivity contribution is 7.98. The van der Waals surface area contributed by atoms with Crippen LogP contribution in [-0.2, 0) is 0 Å². The molecule has 0 unspecified atom stereocenters. The van der Waals surface area contributed by atoms with Crippen LogP contribution < -0.4 is 10.0 Å². The molecule has 6 heavy (non-hydrogen) atoms. The second-order valence-corrected chi connectivity index (χ2v) is 1.68. The summed E-state index contributed by atoms with van der Waals surface area (Å²) in [6, 6.07) is -0.0833. The van der Waals surface area contributed by atoms with Gasteiger partial charge in [-0.05, 0) is 11.9 Å². The van der Waals surface area contributed by atoms with Crippen LogP contribution in [0.25, 0.3) is 0 Å². The molecular formula is C2H4N2OS. The summed E-state index contributed by atoms with van der Waals surface area (Å²) in [5.74, 6) is 0.693. The molecule has 1 aliphatic rings. The Bertz CT molecular complexity index is 65.9. The van der Waals surface area contributed by atoms with Gasteiger partial charge in [0.1, 0.15) is 0 Å². The van der Waals surface area contributed by atoms with Gasteiger partial charge in [-0.15, -0.1) is 0 Å². The van der Waals surface area contributed by atoms with Gasteiger partial charge in [0.15, 0.2) is 0 Å². The van der Waals surface area contributed by atoms with Crippen LogP contribution in [0.5, 0.6) is 0 Å². The highest BCUT2D eigenvalue weighted by Gasteiger charge is 2.04. The Morgan fingerprint density at radius 2 is 2.67 bits per heavy atom. The van der Waals surface area contributed by atoms with Gasteiger partial charge in [0.2, 0.25) is 0 Å². The minimum atomic E-state index is -0.0833. The van der Waals surface area contributed by atoms with E-state index in [1.165, 1.54) is 11.9 Å². The Labute approximate surface area is 39.6 Å². The van der Waals surface area contributed by atoms with Crippen molar-refractivity contribution in [2.24, 2.45) is 0 Å². The summed E-state index contributed by atoms with van der Waals surface area (Å²) in [4.78, 5) is 10.0. The van der Waals surface area contributed by atoms with Gasteiger partial charge in [-0.2, -0.15) is 0 Å². The number of hydrogen-bond donors (Lipinski definition) is 2. The second-order valence-electron chi connectivity index (χ2n) is 0.897. The van der Waals surface area contributed by atoms with E-state index in [0.717, 1.165) is 0 Å². The lowest BCUT2D eigenvalue weighted by molar-refractivity contribution is 0.249. The molecule has 2 N–H and O–H groups in total. The number of carbonyl (C=O) groups excluding carboxylic acids is 1. The van der Waals surface area contributed by atoms with Crippen LogP contribution in [0.1, 0.15) is 0 Å². The lowest BCUT2D eigenvalue weighted by Gasteiger charge is -1.78. The molecule has 0 aliphatic carbocycles. The predicted molar refractivity (Wildman–Crippen MR) is 24.1 cm³/mol. The van der Waals surface area contributed by atoms with Crippen LogP contribution in [0.3, 0.4) is 0 Å². The summed E-state index contributed by atoms with van der Waals surface area (Å²) in [5.41, 5.74) is 0. The molecule has 1 fully saturated rings. The third-order valence-electron chi connectivity index (χ3n) is 0.470. The number of rotatable bonds is 0. The van der Waals surface area contributed by atoms with Crippen LogP contribution in [0.2, 0.25) is 0 Å². The van der Waals surface area contributed by atoms with E-state index in [-0.39, 0.29) is 6.03 Å². The summed E-state index contributed by atoms with van der Waals surface area (Å²) in [6.07, 6.45) is 0. The van der Waals surface area contributed by atoms with Crippen LogP contribution in [-0.4, -0.2) is 11.9 Å². The van der Waals surface area contributed by atoms with E-state index in [1.807, 2.05) is 0 Å². The van der Waals surface area contributed by atoms with E-state index < -0.39 is 0 Å². The summed E-state index contributed by atoms with van der Waals surface area (Å²) in [5, 5.41) is 2.53. The largest absolute Gasteiger partial charge is 0.327 e. The molecule has 1 saturated heterocycles. The van der Waals surface area contributed by atoms with Gasteiger partial charge in [-0.3, -0.25) is 4.72 Å². The normalized spacial score (nSPS) is 19.7. The zero-order chi connectivity index (χ0) is 4.41. The van der Waals surface area contributed by atoms with E-state index in [1.54, 1.807) is 0 Å². The molecular weight excluding hydrogens is 100 g/mol. The van der Waals surface area contributed by atoms with Gasteiger partial charge >= 0.3 is 6.03 Å². The average Bonchev–Trinajstić information content (AvgIpc) is 1.86. The highest BCUT2D eigenvalue weighted by atomic mass is 32.2. The van der Waals surface area contributed by atoms with Crippen molar-refractivity contribution in [3.63, 3.8) is 0 Å². The maximum absolute atomic E-state index is 10.0. The highest BCUT2D eigenvalue weighted by Crippen LogP contribution is 1.94. The number of urea groups is 1. The molecule has 34 valence electrons. The van der Waals surface area contributed by atoms with Crippen molar-refractivity contribution in [1.29, 1.82) is 0 Å². The fourth-order valence-corrected chi connectivity index (χ4v) is 0.718. The Hall–Kier alpha value is -0.380. The van der Waals surface area contributed by atoms with Crippen molar-refractivity contribution in [2.75, 3.05) is 5.88 Å². The Morgan fingerprint density at radius 1 is 1.83 bits per heavy atom. The van der Waals surface area contributed by atoms with Crippen LogP contribution >= 0.6 is 11.9 Å². The predicted octanol–water partition coefficient (Wildman–Crippen LogP) is -0.0951. The van der Waals surface area contributed by atoms with Crippen molar-refractivity contribution < 1.29 is 4.79 Å². The molecule has 0 bridgehead atoms. The van der Waals surface area contributed by atoms with Crippen molar-refractivity contribution >= 4 is 18.0 Å². The maximum Gasteiger partial charge on any atom is 0.325 e. The third kappa shape index (κ3) is 0.567. The van der Waals surface area contributed by atoms with Crippen LogP contribution in [0.15, 0.2) is 0 Å². The summed E-state index contributed by atoms with van der Waals surface area (Å²) in [6.45, 7) is 0. The maximum atomic E-state index is 10.0. The first-order chi connectivity index (χ1) is 2.89. The van der Waals surface area contributed by atoms with Gasteiger partial charge in [0, 0.05) is 0 Å². The molecule has 0 aromatic heterocycles. The standard InChI is InChI=1S/C2H4N2OS/c5-2-3-1-6-4-2/h1H2,(H2,3,4,5). The molecule has 4 heteroatoms. The van der Waals surface area contributed by atoms with Gasteiger partial charge in [0.05, 0.1) is 5.88 Å². The minimum Gasteiger partial charge on any atom is -0.327 e. The lowest BCUT2D eigenvalue weighted by atomic mass is 11.0. The number of nitrogens with one attached hydrogen (secondary N) is 2. The third-order valence-corrected chi connectivity index (χ3v) is 1.09. The molecule has 0 spiro atoms. The summed E-state index contributed by atoms with van der Waals surface area (Å²) in [7, 11) is 0. The van der Waals surface area contributed by atoms with Crippen molar-refractivity contribution in [3.8, 4) is 0 Å². The fraction of sp³-hybridized carbons (Fsp3) is 0.500. The Kier molecular flexibility index (Phi) is 0.874.